The van der Waals surface area contributed by atoms with Gasteiger partial charge in [0, 0.05) is 11.0 Å². The van der Waals surface area contributed by atoms with Gasteiger partial charge >= 0.3 is 0 Å². The second-order valence-corrected chi connectivity index (χ2v) is 5.47. The molecule has 1 aromatic carbocycles. The van der Waals surface area contributed by atoms with Crippen LogP contribution in [0.25, 0.3) is 5.69 Å². The van der Waals surface area contributed by atoms with Crippen LogP contribution in [-0.2, 0) is 6.54 Å². The van der Waals surface area contributed by atoms with Crippen LogP contribution >= 0.6 is 15.9 Å². The van der Waals surface area contributed by atoms with Crippen LogP contribution in [0.2, 0.25) is 0 Å². The molecule has 1 aromatic heterocycles. The highest BCUT2D eigenvalue weighted by molar-refractivity contribution is 9.10. The number of aromatic nitrogens is 3. The maximum Gasteiger partial charge on any atom is 0.0809 e. The molecule has 5 heteroatoms. The Labute approximate surface area is 116 Å². The van der Waals surface area contributed by atoms with E-state index in [4.69, 9.17) is 0 Å². The zero-order chi connectivity index (χ0) is 13.0. The average Bonchev–Trinajstić information content (AvgIpc) is 2.77. The number of halogens is 1. The molecule has 0 radical (unpaired) electrons. The van der Waals surface area contributed by atoms with Gasteiger partial charge in [-0.1, -0.05) is 31.2 Å². The maximum atomic E-state index is 4.14. The van der Waals surface area contributed by atoms with E-state index in [2.05, 4.69) is 45.4 Å². The Hall–Kier alpha value is -1.20. The van der Waals surface area contributed by atoms with E-state index in [0.29, 0.717) is 5.92 Å². The molecule has 18 heavy (non-hydrogen) atoms. The number of nitrogens with one attached hydrogen (secondary N) is 1. The Balaban J connectivity index is 2.15. The summed E-state index contributed by atoms with van der Waals surface area (Å²) < 4.78 is 2.87. The molecule has 2 rings (SSSR count). The van der Waals surface area contributed by atoms with Crippen molar-refractivity contribution in [3.8, 4) is 5.69 Å². The Kier molecular flexibility index (Phi) is 4.49. The molecule has 1 N–H and O–H groups in total. The first-order chi connectivity index (χ1) is 8.68. The van der Waals surface area contributed by atoms with Gasteiger partial charge < -0.3 is 5.32 Å². The summed E-state index contributed by atoms with van der Waals surface area (Å²) in [5, 5.41) is 11.5. The summed E-state index contributed by atoms with van der Waals surface area (Å²) in [7, 11) is 0. The summed E-state index contributed by atoms with van der Waals surface area (Å²) in [5.74, 6) is 0.637. The topological polar surface area (TPSA) is 42.7 Å². The molecular weight excluding hydrogens is 292 g/mol. The second kappa shape index (κ2) is 6.11. The largest absolute Gasteiger partial charge is 0.311 e. The number of para-hydroxylation sites is 1. The molecule has 1 heterocycles. The van der Waals surface area contributed by atoms with E-state index in [1.54, 1.807) is 6.20 Å². The Bertz CT molecular complexity index is 507. The highest BCUT2D eigenvalue weighted by Gasteiger charge is 2.08. The van der Waals surface area contributed by atoms with E-state index in [1.165, 1.54) is 0 Å². The third kappa shape index (κ3) is 3.17. The van der Waals surface area contributed by atoms with Crippen molar-refractivity contribution in [3.63, 3.8) is 0 Å². The summed E-state index contributed by atoms with van der Waals surface area (Å²) in [5.41, 5.74) is 2.07. The molecule has 0 aliphatic heterocycles. The number of hydrogen-bond donors (Lipinski definition) is 1. The normalized spacial score (nSPS) is 11.1. The van der Waals surface area contributed by atoms with Crippen molar-refractivity contribution < 1.29 is 0 Å². The van der Waals surface area contributed by atoms with Crippen LogP contribution in [0.15, 0.2) is 34.9 Å². The lowest BCUT2D eigenvalue weighted by Crippen LogP contribution is -2.20. The van der Waals surface area contributed by atoms with E-state index in [-0.39, 0.29) is 0 Å². The predicted octanol–water partition coefficient (Wildman–Crippen LogP) is 2.78. The zero-order valence-corrected chi connectivity index (χ0v) is 12.2. The van der Waals surface area contributed by atoms with Crippen molar-refractivity contribution in [2.75, 3.05) is 6.54 Å². The standard InChI is InChI=1S/C13H17BrN4/c1-10(2)7-15-8-11-9-16-17-18(11)13-6-4-3-5-12(13)14/h3-6,9-10,15H,7-8H2,1-2H3. The van der Waals surface area contributed by atoms with Crippen molar-refractivity contribution in [3.05, 3.63) is 40.6 Å². The summed E-state index contributed by atoms with van der Waals surface area (Å²) >= 11 is 3.53. The van der Waals surface area contributed by atoms with Gasteiger partial charge in [-0.25, -0.2) is 4.68 Å². The average molecular weight is 309 g/mol. The lowest BCUT2D eigenvalue weighted by molar-refractivity contribution is 0.542. The number of nitrogens with zero attached hydrogens (tertiary/aromatic N) is 3. The SMILES string of the molecule is CC(C)CNCc1cnnn1-c1ccccc1Br. The van der Waals surface area contributed by atoms with Crippen LogP contribution in [0.1, 0.15) is 19.5 Å². The lowest BCUT2D eigenvalue weighted by Gasteiger charge is -2.10. The Morgan fingerprint density at radius 3 is 2.83 bits per heavy atom. The number of benzene rings is 1. The van der Waals surface area contributed by atoms with Gasteiger partial charge in [0.1, 0.15) is 0 Å². The van der Waals surface area contributed by atoms with Crippen LogP contribution in [0.3, 0.4) is 0 Å². The molecule has 0 saturated heterocycles. The van der Waals surface area contributed by atoms with Crippen LogP contribution in [0.4, 0.5) is 0 Å². The summed E-state index contributed by atoms with van der Waals surface area (Å²) in [6.07, 6.45) is 1.80. The van der Waals surface area contributed by atoms with Crippen molar-refractivity contribution in [2.24, 2.45) is 5.92 Å². The highest BCUT2D eigenvalue weighted by Crippen LogP contribution is 2.20. The van der Waals surface area contributed by atoms with E-state index >= 15 is 0 Å². The van der Waals surface area contributed by atoms with Crippen LogP contribution in [0.5, 0.6) is 0 Å². The molecular formula is C13H17BrN4. The maximum absolute atomic E-state index is 4.14. The molecule has 0 amide bonds. The van der Waals surface area contributed by atoms with E-state index in [1.807, 2.05) is 28.9 Å². The quantitative estimate of drug-likeness (QED) is 0.923. The van der Waals surface area contributed by atoms with E-state index < -0.39 is 0 Å². The van der Waals surface area contributed by atoms with Gasteiger partial charge in [0.05, 0.1) is 17.6 Å². The monoisotopic (exact) mass is 308 g/mol. The van der Waals surface area contributed by atoms with Gasteiger partial charge in [-0.15, -0.1) is 5.10 Å². The summed E-state index contributed by atoms with van der Waals surface area (Å²) in [6.45, 7) is 6.14. The summed E-state index contributed by atoms with van der Waals surface area (Å²) in [4.78, 5) is 0. The third-order valence-corrected chi connectivity index (χ3v) is 3.23. The first-order valence-corrected chi connectivity index (χ1v) is 6.83. The smallest absolute Gasteiger partial charge is 0.0809 e. The minimum Gasteiger partial charge on any atom is -0.311 e. The summed E-state index contributed by atoms with van der Waals surface area (Å²) in [6, 6.07) is 8.00. The van der Waals surface area contributed by atoms with Crippen molar-refractivity contribution in [1.29, 1.82) is 0 Å². The minimum atomic E-state index is 0.637. The molecule has 0 unspecified atom stereocenters. The molecule has 96 valence electrons. The second-order valence-electron chi connectivity index (χ2n) is 4.61. The Morgan fingerprint density at radius 1 is 1.33 bits per heavy atom. The van der Waals surface area contributed by atoms with Gasteiger partial charge in [0.15, 0.2) is 0 Å². The molecule has 0 spiro atoms. The fourth-order valence-electron chi connectivity index (χ4n) is 1.69. The lowest BCUT2D eigenvalue weighted by atomic mass is 10.2. The van der Waals surface area contributed by atoms with Crippen molar-refractivity contribution >= 4 is 15.9 Å². The highest BCUT2D eigenvalue weighted by atomic mass is 79.9. The van der Waals surface area contributed by atoms with Gasteiger partial charge in [0.2, 0.25) is 0 Å². The molecule has 0 fully saturated rings. The van der Waals surface area contributed by atoms with E-state index in [0.717, 1.165) is 28.9 Å². The van der Waals surface area contributed by atoms with Crippen molar-refractivity contribution in [2.45, 2.75) is 20.4 Å². The minimum absolute atomic E-state index is 0.637. The number of rotatable bonds is 5. The van der Waals surface area contributed by atoms with Gasteiger partial charge in [-0.05, 0) is 40.5 Å². The fourth-order valence-corrected chi connectivity index (χ4v) is 2.14. The Morgan fingerprint density at radius 2 is 2.11 bits per heavy atom. The molecule has 0 bridgehead atoms. The molecule has 0 saturated carbocycles. The van der Waals surface area contributed by atoms with Crippen molar-refractivity contribution in [1.82, 2.24) is 20.3 Å². The van der Waals surface area contributed by atoms with Gasteiger partial charge in [0.25, 0.3) is 0 Å². The van der Waals surface area contributed by atoms with Crippen LogP contribution in [0, 0.1) is 5.92 Å². The number of hydrogen-bond acceptors (Lipinski definition) is 3. The molecule has 0 atom stereocenters. The predicted molar refractivity (Wildman–Crippen MR) is 75.6 cm³/mol. The first-order valence-electron chi connectivity index (χ1n) is 6.03. The zero-order valence-electron chi connectivity index (χ0n) is 10.6. The molecule has 2 aromatic rings. The van der Waals surface area contributed by atoms with E-state index in [9.17, 15) is 0 Å². The molecule has 0 aliphatic carbocycles. The first kappa shape index (κ1) is 13.2. The van der Waals surface area contributed by atoms with Crippen LogP contribution < -0.4 is 5.32 Å². The third-order valence-electron chi connectivity index (χ3n) is 2.56. The van der Waals surface area contributed by atoms with Gasteiger partial charge in [-0.3, -0.25) is 0 Å². The molecule has 4 nitrogen and oxygen atoms in total. The fraction of sp³-hybridized carbons (Fsp3) is 0.385. The molecule has 0 aliphatic rings. The van der Waals surface area contributed by atoms with Crippen LogP contribution in [-0.4, -0.2) is 21.5 Å². The van der Waals surface area contributed by atoms with Gasteiger partial charge in [-0.2, -0.15) is 0 Å².